The van der Waals surface area contributed by atoms with Crippen molar-refractivity contribution in [2.24, 2.45) is 0 Å². The van der Waals surface area contributed by atoms with Crippen molar-refractivity contribution in [3.05, 3.63) is 63.2 Å². The van der Waals surface area contributed by atoms with Crippen LogP contribution in [0.25, 0.3) is 0 Å². The molecule has 2 aromatic carbocycles. The topological polar surface area (TPSA) is 81.7 Å². The zero-order chi connectivity index (χ0) is 20.1. The predicted molar refractivity (Wildman–Crippen MR) is 114 cm³/mol. The van der Waals surface area contributed by atoms with E-state index < -0.39 is 11.4 Å². The average molecular weight is 511 g/mol. The zero-order valence-corrected chi connectivity index (χ0v) is 18.0. The first-order chi connectivity index (χ1) is 13.4. The molecule has 2 aromatic rings. The maximum absolute atomic E-state index is 11.7. The third-order valence-electron chi connectivity index (χ3n) is 4.04. The van der Waals surface area contributed by atoms with E-state index in [1.54, 1.807) is 12.1 Å². The number of carbonyl (C=O) groups excluding carboxylic acids is 3. The van der Waals surface area contributed by atoms with Gasteiger partial charge in [0.15, 0.2) is 6.10 Å². The van der Waals surface area contributed by atoms with E-state index in [4.69, 9.17) is 9.47 Å². The van der Waals surface area contributed by atoms with Crippen molar-refractivity contribution in [3.8, 4) is 5.75 Å². The Labute approximate surface area is 180 Å². The Morgan fingerprint density at radius 1 is 1.21 bits per heavy atom. The molecule has 146 valence electrons. The standard InChI is InChI=1S/C20H18INO5S/c1-12(23)27-17(14-3-2-4-15(21)10-14)11-26-16-7-5-13(6-8-16)9-18-19(24)22-20(25)28-18/h2-8,10,17-18H,9,11H2,1H3,(H,22,24,25)/t17-,18?/m0/s1. The van der Waals surface area contributed by atoms with E-state index in [9.17, 15) is 14.4 Å². The third-order valence-corrected chi connectivity index (χ3v) is 5.69. The van der Waals surface area contributed by atoms with E-state index in [1.165, 1.54) is 6.92 Å². The van der Waals surface area contributed by atoms with Gasteiger partial charge >= 0.3 is 5.97 Å². The van der Waals surface area contributed by atoms with Gasteiger partial charge in [-0.1, -0.05) is 36.0 Å². The van der Waals surface area contributed by atoms with Crippen LogP contribution in [0.1, 0.15) is 24.2 Å². The molecule has 6 nitrogen and oxygen atoms in total. The van der Waals surface area contributed by atoms with Crippen LogP contribution in [0.4, 0.5) is 4.79 Å². The second kappa shape index (κ2) is 9.42. The van der Waals surface area contributed by atoms with Crippen LogP contribution in [0, 0.1) is 3.57 Å². The minimum atomic E-state index is -0.503. The molecule has 0 saturated carbocycles. The van der Waals surface area contributed by atoms with Gasteiger partial charge in [0.1, 0.15) is 12.4 Å². The summed E-state index contributed by atoms with van der Waals surface area (Å²) >= 11 is 3.22. The van der Waals surface area contributed by atoms with Crippen LogP contribution >= 0.6 is 34.4 Å². The smallest absolute Gasteiger partial charge is 0.303 e. The van der Waals surface area contributed by atoms with E-state index in [0.29, 0.717) is 12.2 Å². The number of rotatable bonds is 7. The maximum atomic E-state index is 11.7. The van der Waals surface area contributed by atoms with Gasteiger partial charge in [-0.15, -0.1) is 0 Å². The Balaban J connectivity index is 1.61. The summed E-state index contributed by atoms with van der Waals surface area (Å²) in [6.45, 7) is 1.56. The first kappa shape index (κ1) is 20.7. The van der Waals surface area contributed by atoms with Crippen molar-refractivity contribution < 1.29 is 23.9 Å². The number of hydrogen-bond acceptors (Lipinski definition) is 6. The zero-order valence-electron chi connectivity index (χ0n) is 15.0. The normalized spacial score (nSPS) is 17.1. The van der Waals surface area contributed by atoms with E-state index in [2.05, 4.69) is 27.9 Å². The van der Waals surface area contributed by atoms with Gasteiger partial charge in [0.05, 0.1) is 5.25 Å². The molecule has 1 saturated heterocycles. The highest BCUT2D eigenvalue weighted by Crippen LogP contribution is 2.25. The van der Waals surface area contributed by atoms with Crippen molar-refractivity contribution in [2.45, 2.75) is 24.7 Å². The Kier molecular flexibility index (Phi) is 6.95. The number of ether oxygens (including phenoxy) is 2. The lowest BCUT2D eigenvalue weighted by Crippen LogP contribution is -2.25. The number of hydrogen-bond donors (Lipinski definition) is 1. The SMILES string of the molecule is CC(=O)O[C@@H](COc1ccc(CC2SC(=O)NC2=O)cc1)c1cccc(I)c1. The van der Waals surface area contributed by atoms with Crippen molar-refractivity contribution in [2.75, 3.05) is 6.61 Å². The molecule has 8 heteroatoms. The summed E-state index contributed by atoms with van der Waals surface area (Å²) in [5, 5.41) is 1.59. The minimum absolute atomic E-state index is 0.189. The fourth-order valence-electron chi connectivity index (χ4n) is 2.74. The fourth-order valence-corrected chi connectivity index (χ4v) is 4.17. The number of amides is 2. The number of esters is 1. The van der Waals surface area contributed by atoms with E-state index >= 15 is 0 Å². The summed E-state index contributed by atoms with van der Waals surface area (Å²) in [6.07, 6.45) is -0.0300. The molecule has 1 unspecified atom stereocenters. The Morgan fingerprint density at radius 3 is 2.57 bits per heavy atom. The number of thioether (sulfide) groups is 1. The monoisotopic (exact) mass is 511 g/mol. The first-order valence-electron chi connectivity index (χ1n) is 8.56. The summed E-state index contributed by atoms with van der Waals surface area (Å²) < 4.78 is 12.3. The van der Waals surface area contributed by atoms with Crippen LogP contribution < -0.4 is 10.1 Å². The molecule has 1 heterocycles. The Morgan fingerprint density at radius 2 is 1.96 bits per heavy atom. The second-order valence-electron chi connectivity index (χ2n) is 6.20. The van der Waals surface area contributed by atoms with Crippen molar-refractivity contribution in [3.63, 3.8) is 0 Å². The van der Waals surface area contributed by atoms with Gasteiger partial charge in [0.25, 0.3) is 5.24 Å². The molecule has 3 rings (SSSR count). The van der Waals surface area contributed by atoms with Gasteiger partial charge < -0.3 is 9.47 Å². The highest BCUT2D eigenvalue weighted by atomic mass is 127. The summed E-state index contributed by atoms with van der Waals surface area (Å²) in [5.41, 5.74) is 1.80. The predicted octanol–water partition coefficient (Wildman–Crippen LogP) is 3.87. The summed E-state index contributed by atoms with van der Waals surface area (Å²) in [5.74, 6) is 0.00729. The molecule has 1 fully saturated rings. The van der Waals surface area contributed by atoms with Crippen LogP contribution in [0.2, 0.25) is 0 Å². The summed E-state index contributed by atoms with van der Waals surface area (Å²) in [7, 11) is 0. The van der Waals surface area contributed by atoms with Gasteiger partial charge in [-0.25, -0.2) is 0 Å². The number of imide groups is 1. The molecule has 1 aliphatic heterocycles. The minimum Gasteiger partial charge on any atom is -0.489 e. The largest absolute Gasteiger partial charge is 0.489 e. The molecule has 2 amide bonds. The molecule has 1 aliphatic rings. The lowest BCUT2D eigenvalue weighted by Gasteiger charge is -2.18. The number of carbonyl (C=O) groups is 3. The molecular formula is C20H18INO5S. The van der Waals surface area contributed by atoms with E-state index in [1.807, 2.05) is 36.4 Å². The molecule has 0 aromatic heterocycles. The molecule has 28 heavy (non-hydrogen) atoms. The van der Waals surface area contributed by atoms with Gasteiger partial charge in [0, 0.05) is 10.5 Å². The third kappa shape index (κ3) is 5.71. The molecule has 0 bridgehead atoms. The molecule has 0 radical (unpaired) electrons. The first-order valence-corrected chi connectivity index (χ1v) is 10.5. The Bertz CT molecular complexity index is 886. The second-order valence-corrected chi connectivity index (χ2v) is 8.62. The molecule has 1 N–H and O–H groups in total. The number of nitrogens with one attached hydrogen (secondary N) is 1. The molecule has 2 atom stereocenters. The highest BCUT2D eigenvalue weighted by molar-refractivity contribution is 14.1. The van der Waals surface area contributed by atoms with Crippen molar-refractivity contribution in [1.82, 2.24) is 5.32 Å². The summed E-state index contributed by atoms with van der Waals surface area (Å²) in [4.78, 5) is 34.4. The van der Waals surface area contributed by atoms with Crippen molar-refractivity contribution in [1.29, 1.82) is 0 Å². The molecule has 0 aliphatic carbocycles. The maximum Gasteiger partial charge on any atom is 0.303 e. The quantitative estimate of drug-likeness (QED) is 0.449. The van der Waals surface area contributed by atoms with Crippen LogP contribution in [0.5, 0.6) is 5.75 Å². The van der Waals surface area contributed by atoms with Crippen LogP contribution in [0.15, 0.2) is 48.5 Å². The van der Waals surface area contributed by atoms with Gasteiger partial charge in [-0.3, -0.25) is 19.7 Å². The van der Waals surface area contributed by atoms with Crippen LogP contribution in [-0.4, -0.2) is 29.0 Å². The Hall–Kier alpha value is -2.07. The van der Waals surface area contributed by atoms with Gasteiger partial charge in [-0.05, 0) is 64.4 Å². The van der Waals surface area contributed by atoms with E-state index in [-0.39, 0.29) is 23.7 Å². The number of halogens is 1. The van der Waals surface area contributed by atoms with Gasteiger partial charge in [0.2, 0.25) is 5.91 Å². The lowest BCUT2D eigenvalue weighted by atomic mass is 10.1. The fraction of sp³-hybridized carbons (Fsp3) is 0.250. The highest BCUT2D eigenvalue weighted by Gasteiger charge is 2.31. The lowest BCUT2D eigenvalue weighted by molar-refractivity contribution is -0.148. The van der Waals surface area contributed by atoms with Gasteiger partial charge in [-0.2, -0.15) is 0 Å². The van der Waals surface area contributed by atoms with Crippen molar-refractivity contribution >= 4 is 51.5 Å². The van der Waals surface area contributed by atoms with Crippen LogP contribution in [-0.2, 0) is 20.7 Å². The average Bonchev–Trinajstić information content (AvgIpc) is 2.96. The summed E-state index contributed by atoms with van der Waals surface area (Å²) in [6, 6.07) is 15.0. The molecule has 0 spiro atoms. The van der Waals surface area contributed by atoms with E-state index in [0.717, 1.165) is 26.5 Å². The van der Waals surface area contributed by atoms with Crippen LogP contribution in [0.3, 0.4) is 0 Å². The number of benzene rings is 2. The molecular weight excluding hydrogens is 493 g/mol.